The van der Waals surface area contributed by atoms with Crippen molar-refractivity contribution < 1.29 is 0 Å². The quantitative estimate of drug-likeness (QED) is 0.658. The molecule has 0 aromatic heterocycles. The Bertz CT molecular complexity index is 421. The van der Waals surface area contributed by atoms with Crippen LogP contribution in [-0.4, -0.2) is 0 Å². The van der Waals surface area contributed by atoms with E-state index in [1.807, 2.05) is 0 Å². The van der Waals surface area contributed by atoms with Crippen molar-refractivity contribution in [2.24, 2.45) is 23.5 Å². The number of halogens is 2. The lowest BCUT2D eigenvalue weighted by molar-refractivity contribution is 0.186. The fourth-order valence-electron chi connectivity index (χ4n) is 2.94. The lowest BCUT2D eigenvalue weighted by Gasteiger charge is -2.35. The summed E-state index contributed by atoms with van der Waals surface area (Å²) in [5.41, 5.74) is 7.79. The van der Waals surface area contributed by atoms with E-state index in [-0.39, 0.29) is 6.04 Å². The predicted molar refractivity (Wildman–Crippen MR) is 89.5 cm³/mol. The van der Waals surface area contributed by atoms with Crippen molar-refractivity contribution in [3.63, 3.8) is 0 Å². The minimum atomic E-state index is 0.170. The number of rotatable bonds is 2. The van der Waals surface area contributed by atoms with E-state index in [0.717, 1.165) is 16.3 Å². The lowest BCUT2D eigenvalue weighted by Crippen LogP contribution is -2.29. The van der Waals surface area contributed by atoms with E-state index in [1.54, 1.807) is 0 Å². The molecule has 0 radical (unpaired) electrons. The third kappa shape index (κ3) is 3.28. The Morgan fingerprint density at radius 2 is 2.00 bits per heavy atom. The second-order valence-corrected chi connectivity index (χ2v) is 7.82. The van der Waals surface area contributed by atoms with Crippen molar-refractivity contribution in [3.8, 4) is 0 Å². The SMILES string of the molecule is CC1CCC(C(N)c2cc(I)ccc2Br)CC1C. The summed E-state index contributed by atoms with van der Waals surface area (Å²) in [6.45, 7) is 4.74. The van der Waals surface area contributed by atoms with E-state index in [0.29, 0.717) is 5.92 Å². The number of nitrogens with two attached hydrogens (primary N) is 1. The maximum absolute atomic E-state index is 6.51. The molecule has 18 heavy (non-hydrogen) atoms. The zero-order valence-electron chi connectivity index (χ0n) is 11.0. The van der Waals surface area contributed by atoms with E-state index in [2.05, 4.69) is 70.6 Å². The second kappa shape index (κ2) is 6.23. The van der Waals surface area contributed by atoms with Crippen LogP contribution in [0.2, 0.25) is 0 Å². The summed E-state index contributed by atoms with van der Waals surface area (Å²) >= 11 is 6.00. The van der Waals surface area contributed by atoms with E-state index in [9.17, 15) is 0 Å². The molecule has 0 spiro atoms. The molecule has 1 aliphatic carbocycles. The van der Waals surface area contributed by atoms with Crippen LogP contribution in [0.1, 0.15) is 44.7 Å². The predicted octanol–water partition coefficient (Wildman–Crippen LogP) is 5.13. The van der Waals surface area contributed by atoms with Crippen LogP contribution in [0.15, 0.2) is 22.7 Å². The van der Waals surface area contributed by atoms with E-state index >= 15 is 0 Å². The van der Waals surface area contributed by atoms with Crippen LogP contribution < -0.4 is 5.73 Å². The van der Waals surface area contributed by atoms with Gasteiger partial charge in [-0.15, -0.1) is 0 Å². The highest BCUT2D eigenvalue weighted by Gasteiger charge is 2.29. The van der Waals surface area contributed by atoms with Gasteiger partial charge in [0.05, 0.1) is 0 Å². The Labute approximate surface area is 132 Å². The van der Waals surface area contributed by atoms with Crippen LogP contribution in [0.4, 0.5) is 0 Å². The Morgan fingerprint density at radius 1 is 1.28 bits per heavy atom. The molecule has 1 nitrogen and oxygen atoms in total. The van der Waals surface area contributed by atoms with Gasteiger partial charge in [0.25, 0.3) is 0 Å². The first-order valence-corrected chi connectivity index (χ1v) is 8.56. The Balaban J connectivity index is 2.16. The van der Waals surface area contributed by atoms with Gasteiger partial charge < -0.3 is 5.73 Å². The molecule has 2 N–H and O–H groups in total. The van der Waals surface area contributed by atoms with Gasteiger partial charge in [0.15, 0.2) is 0 Å². The van der Waals surface area contributed by atoms with E-state index in [1.165, 1.54) is 28.4 Å². The molecule has 4 unspecified atom stereocenters. The van der Waals surface area contributed by atoms with Gasteiger partial charge in [0.2, 0.25) is 0 Å². The topological polar surface area (TPSA) is 26.0 Å². The molecule has 100 valence electrons. The Hall–Kier alpha value is 0.390. The summed E-state index contributed by atoms with van der Waals surface area (Å²) in [4.78, 5) is 0. The van der Waals surface area contributed by atoms with Crippen LogP contribution in [0.5, 0.6) is 0 Å². The number of hydrogen-bond acceptors (Lipinski definition) is 1. The minimum absolute atomic E-state index is 0.170. The summed E-state index contributed by atoms with van der Waals surface area (Å²) in [5, 5.41) is 0. The van der Waals surface area contributed by atoms with Crippen molar-refractivity contribution in [1.82, 2.24) is 0 Å². The molecule has 1 aliphatic rings. The van der Waals surface area contributed by atoms with Crippen LogP contribution in [0.25, 0.3) is 0 Å². The number of benzene rings is 1. The molecule has 2 rings (SSSR count). The van der Waals surface area contributed by atoms with E-state index < -0.39 is 0 Å². The fraction of sp³-hybridized carbons (Fsp3) is 0.600. The monoisotopic (exact) mass is 421 g/mol. The highest BCUT2D eigenvalue weighted by molar-refractivity contribution is 14.1. The molecule has 0 bridgehead atoms. The third-order valence-corrected chi connectivity index (χ3v) is 5.86. The molecule has 3 heteroatoms. The fourth-order valence-corrected chi connectivity index (χ4v) is 3.97. The summed E-state index contributed by atoms with van der Waals surface area (Å²) in [6, 6.07) is 6.63. The van der Waals surface area contributed by atoms with Crippen molar-refractivity contribution in [3.05, 3.63) is 31.8 Å². The largest absolute Gasteiger partial charge is 0.324 e. The zero-order valence-corrected chi connectivity index (χ0v) is 14.7. The minimum Gasteiger partial charge on any atom is -0.324 e. The maximum atomic E-state index is 6.51. The molecule has 4 atom stereocenters. The third-order valence-electron chi connectivity index (χ3n) is 4.46. The zero-order chi connectivity index (χ0) is 13.3. The van der Waals surface area contributed by atoms with Crippen molar-refractivity contribution in [2.75, 3.05) is 0 Å². The molecule has 0 amide bonds. The van der Waals surface area contributed by atoms with Crippen LogP contribution in [-0.2, 0) is 0 Å². The summed E-state index contributed by atoms with van der Waals surface area (Å²) in [6.07, 6.45) is 3.85. The van der Waals surface area contributed by atoms with Crippen LogP contribution in [0, 0.1) is 21.3 Å². The van der Waals surface area contributed by atoms with Crippen molar-refractivity contribution >= 4 is 38.5 Å². The molecule has 0 aliphatic heterocycles. The van der Waals surface area contributed by atoms with Gasteiger partial charge in [-0.25, -0.2) is 0 Å². The average molecular weight is 422 g/mol. The second-order valence-electron chi connectivity index (χ2n) is 5.72. The first-order valence-electron chi connectivity index (χ1n) is 6.69. The molecular formula is C15H21BrIN. The standard InChI is InChI=1S/C15H21BrIN/c1-9-3-4-11(7-10(9)2)15(18)13-8-12(17)5-6-14(13)16/h5-6,8-11,15H,3-4,7,18H2,1-2H3. The van der Waals surface area contributed by atoms with Gasteiger partial charge in [0.1, 0.15) is 0 Å². The molecule has 1 aromatic carbocycles. The summed E-state index contributed by atoms with van der Waals surface area (Å²) < 4.78 is 2.42. The van der Waals surface area contributed by atoms with Crippen LogP contribution in [0.3, 0.4) is 0 Å². The molecule has 1 aromatic rings. The van der Waals surface area contributed by atoms with Gasteiger partial charge >= 0.3 is 0 Å². The first-order chi connectivity index (χ1) is 8.49. The molecular weight excluding hydrogens is 401 g/mol. The highest BCUT2D eigenvalue weighted by Crippen LogP contribution is 2.40. The van der Waals surface area contributed by atoms with Gasteiger partial charge in [-0.2, -0.15) is 0 Å². The van der Waals surface area contributed by atoms with E-state index in [4.69, 9.17) is 5.73 Å². The Kier molecular flexibility index (Phi) is 5.12. The molecule has 1 fully saturated rings. The molecule has 0 heterocycles. The summed E-state index contributed by atoms with van der Waals surface area (Å²) in [7, 11) is 0. The molecule has 0 saturated heterocycles. The normalized spacial score (nSPS) is 30.2. The van der Waals surface area contributed by atoms with Crippen molar-refractivity contribution in [1.29, 1.82) is 0 Å². The van der Waals surface area contributed by atoms with Crippen LogP contribution >= 0.6 is 38.5 Å². The smallest absolute Gasteiger partial charge is 0.0335 e. The van der Waals surface area contributed by atoms with Gasteiger partial charge in [0, 0.05) is 14.1 Å². The number of hydrogen-bond donors (Lipinski definition) is 1. The summed E-state index contributed by atoms with van der Waals surface area (Å²) in [5.74, 6) is 2.29. The van der Waals surface area contributed by atoms with Gasteiger partial charge in [-0.05, 0) is 76.9 Å². The first kappa shape index (κ1) is 14.8. The average Bonchev–Trinajstić information content (AvgIpc) is 2.35. The van der Waals surface area contributed by atoms with Gasteiger partial charge in [-0.1, -0.05) is 36.2 Å². The maximum Gasteiger partial charge on any atom is 0.0335 e. The molecule has 1 saturated carbocycles. The highest BCUT2D eigenvalue weighted by atomic mass is 127. The Morgan fingerprint density at radius 3 is 2.67 bits per heavy atom. The lowest BCUT2D eigenvalue weighted by atomic mass is 9.72. The van der Waals surface area contributed by atoms with Crippen molar-refractivity contribution in [2.45, 2.75) is 39.2 Å². The van der Waals surface area contributed by atoms with Gasteiger partial charge in [-0.3, -0.25) is 0 Å².